The second kappa shape index (κ2) is 11.5. The van der Waals surface area contributed by atoms with E-state index in [4.69, 9.17) is 9.47 Å². The summed E-state index contributed by atoms with van der Waals surface area (Å²) in [6.07, 6.45) is 3.29. The van der Waals surface area contributed by atoms with Gasteiger partial charge in [0.2, 0.25) is 5.91 Å². The Morgan fingerprint density at radius 3 is 2.47 bits per heavy atom. The van der Waals surface area contributed by atoms with Crippen molar-refractivity contribution in [1.82, 2.24) is 5.32 Å². The molecule has 0 aliphatic carbocycles. The van der Waals surface area contributed by atoms with Gasteiger partial charge in [-0.15, -0.1) is 5.10 Å². The molecule has 4 rings (SSSR count). The lowest BCUT2D eigenvalue weighted by Crippen LogP contribution is -2.25. The normalized spacial score (nSPS) is 16.7. The molecule has 1 heterocycles. The van der Waals surface area contributed by atoms with E-state index in [1.165, 1.54) is 17.3 Å². The number of nitrogens with zero attached hydrogens (tertiary/aromatic N) is 2. The topological polar surface area (TPSA) is 72.3 Å². The third kappa shape index (κ3) is 6.26. The molecule has 174 valence electrons. The van der Waals surface area contributed by atoms with E-state index in [1.54, 1.807) is 13.3 Å². The molecule has 1 atom stereocenters. The molecule has 1 amide bonds. The van der Waals surface area contributed by atoms with E-state index < -0.39 is 0 Å². The average Bonchev–Trinajstić information content (AvgIpc) is 3.22. The fraction of sp³-hybridized carbons (Fsp3) is 0.222. The number of hydrogen-bond donors (Lipinski definition) is 1. The molecule has 0 saturated carbocycles. The minimum atomic E-state index is -0.206. The molecule has 0 aromatic heterocycles. The van der Waals surface area contributed by atoms with Crippen LogP contribution in [-0.4, -0.2) is 29.6 Å². The molecule has 0 radical (unpaired) electrons. The number of hydrogen-bond acceptors (Lipinski definition) is 6. The van der Waals surface area contributed by atoms with Gasteiger partial charge in [-0.2, -0.15) is 5.10 Å². The first-order valence-electron chi connectivity index (χ1n) is 11.2. The Morgan fingerprint density at radius 1 is 0.971 bits per heavy atom. The Balaban J connectivity index is 1.35. The molecule has 3 aromatic carbocycles. The van der Waals surface area contributed by atoms with Gasteiger partial charge < -0.3 is 14.8 Å². The first-order chi connectivity index (χ1) is 16.6. The molecule has 0 bridgehead atoms. The summed E-state index contributed by atoms with van der Waals surface area (Å²) >= 11 is 1.40. The molecule has 0 spiro atoms. The molecule has 1 N–H and O–H groups in total. The number of aryl methyl sites for hydroxylation is 1. The van der Waals surface area contributed by atoms with E-state index >= 15 is 0 Å². The lowest BCUT2D eigenvalue weighted by molar-refractivity contribution is -0.118. The van der Waals surface area contributed by atoms with Crippen LogP contribution in [0.1, 0.15) is 29.2 Å². The molecular formula is C27H27N3O3S. The van der Waals surface area contributed by atoms with Crippen LogP contribution in [0.4, 0.5) is 0 Å². The maximum Gasteiger partial charge on any atom is 0.239 e. The van der Waals surface area contributed by atoms with Gasteiger partial charge in [-0.1, -0.05) is 73.3 Å². The van der Waals surface area contributed by atoms with Gasteiger partial charge >= 0.3 is 0 Å². The van der Waals surface area contributed by atoms with Crippen LogP contribution in [-0.2, 0) is 24.2 Å². The second-order valence-electron chi connectivity index (χ2n) is 7.80. The lowest BCUT2D eigenvalue weighted by Gasteiger charge is -2.11. The van der Waals surface area contributed by atoms with Gasteiger partial charge in [0, 0.05) is 0 Å². The maximum absolute atomic E-state index is 12.3. The van der Waals surface area contributed by atoms with Crippen LogP contribution in [0.3, 0.4) is 0 Å². The van der Waals surface area contributed by atoms with Crippen molar-refractivity contribution in [1.29, 1.82) is 0 Å². The van der Waals surface area contributed by atoms with Crippen molar-refractivity contribution in [2.75, 3.05) is 7.11 Å². The zero-order valence-electron chi connectivity index (χ0n) is 19.2. The highest BCUT2D eigenvalue weighted by Gasteiger charge is 2.30. The highest BCUT2D eigenvalue weighted by molar-refractivity contribution is 8.15. The number of nitrogens with one attached hydrogen (secondary N) is 1. The number of amides is 1. The van der Waals surface area contributed by atoms with Gasteiger partial charge in [0.25, 0.3) is 0 Å². The number of carbonyl (C=O) groups is 1. The van der Waals surface area contributed by atoms with Crippen LogP contribution in [0.25, 0.3) is 0 Å². The van der Waals surface area contributed by atoms with Crippen molar-refractivity contribution in [2.24, 2.45) is 10.2 Å². The van der Waals surface area contributed by atoms with E-state index in [1.807, 2.05) is 48.5 Å². The smallest absolute Gasteiger partial charge is 0.239 e. The fourth-order valence-corrected chi connectivity index (χ4v) is 4.44. The van der Waals surface area contributed by atoms with Crippen LogP contribution >= 0.6 is 11.8 Å². The molecule has 34 heavy (non-hydrogen) atoms. The largest absolute Gasteiger partial charge is 0.493 e. The van der Waals surface area contributed by atoms with Crippen molar-refractivity contribution in [2.45, 2.75) is 31.6 Å². The van der Waals surface area contributed by atoms with Gasteiger partial charge in [-0.05, 0) is 53.3 Å². The fourth-order valence-electron chi connectivity index (χ4n) is 3.48. The summed E-state index contributed by atoms with van der Waals surface area (Å²) in [5.41, 5.74) is 4.32. The van der Waals surface area contributed by atoms with Crippen molar-refractivity contribution in [3.05, 3.63) is 95.1 Å². The van der Waals surface area contributed by atoms with Crippen LogP contribution < -0.4 is 14.8 Å². The van der Waals surface area contributed by atoms with Gasteiger partial charge in [0.15, 0.2) is 16.7 Å². The first kappa shape index (κ1) is 23.6. The number of carbonyl (C=O) groups excluding carboxylic acids is 1. The number of benzene rings is 3. The monoisotopic (exact) mass is 473 g/mol. The zero-order valence-corrected chi connectivity index (χ0v) is 20.0. The summed E-state index contributed by atoms with van der Waals surface area (Å²) < 4.78 is 11.4. The Morgan fingerprint density at radius 2 is 1.74 bits per heavy atom. The quantitative estimate of drug-likeness (QED) is 0.351. The summed E-state index contributed by atoms with van der Waals surface area (Å²) in [5, 5.41) is 11.5. The predicted molar refractivity (Wildman–Crippen MR) is 138 cm³/mol. The van der Waals surface area contributed by atoms with E-state index in [0.717, 1.165) is 23.1 Å². The van der Waals surface area contributed by atoms with E-state index in [0.29, 0.717) is 29.7 Å². The molecule has 3 aromatic rings. The van der Waals surface area contributed by atoms with Gasteiger partial charge in [-0.25, -0.2) is 0 Å². The number of methoxy groups -OCH3 is 1. The van der Waals surface area contributed by atoms with Crippen LogP contribution in [0.5, 0.6) is 11.5 Å². The van der Waals surface area contributed by atoms with Crippen molar-refractivity contribution in [3.63, 3.8) is 0 Å². The summed E-state index contributed by atoms with van der Waals surface area (Å²) in [4.78, 5) is 12.3. The summed E-state index contributed by atoms with van der Waals surface area (Å²) in [6, 6.07) is 23.9. The highest BCUT2D eigenvalue weighted by Crippen LogP contribution is 2.28. The molecule has 1 aliphatic heterocycles. The Hall–Kier alpha value is -3.58. The highest BCUT2D eigenvalue weighted by atomic mass is 32.2. The average molecular weight is 474 g/mol. The number of rotatable bonds is 9. The van der Waals surface area contributed by atoms with E-state index in [-0.39, 0.29) is 11.2 Å². The molecule has 1 fully saturated rings. The minimum Gasteiger partial charge on any atom is -0.493 e. The van der Waals surface area contributed by atoms with Gasteiger partial charge in [-0.3, -0.25) is 4.79 Å². The second-order valence-corrected chi connectivity index (χ2v) is 9.00. The lowest BCUT2D eigenvalue weighted by atomic mass is 10.1. The standard InChI is InChI=1S/C27H27N3O3S/c1-3-19-9-11-20(12-10-19)16-25-26(31)29-27(34-25)30-28-17-22-13-14-23(24(15-22)32-2)33-18-21-7-5-4-6-8-21/h4-15,17,25H,3,16,18H2,1-2H3,(H,29,30,31)/b28-17-/t25-/m0/s1. The Bertz CT molecular complexity index is 1180. The van der Waals surface area contributed by atoms with Crippen molar-refractivity contribution >= 4 is 29.1 Å². The third-order valence-corrected chi connectivity index (χ3v) is 6.48. The first-order valence-corrected chi connectivity index (χ1v) is 12.0. The van der Waals surface area contributed by atoms with Crippen molar-refractivity contribution in [3.8, 4) is 11.5 Å². The van der Waals surface area contributed by atoms with E-state index in [2.05, 4.69) is 46.7 Å². The van der Waals surface area contributed by atoms with Crippen molar-refractivity contribution < 1.29 is 14.3 Å². The number of amidine groups is 1. The molecule has 6 nitrogen and oxygen atoms in total. The molecule has 1 aliphatic rings. The zero-order chi connectivity index (χ0) is 23.8. The van der Waals surface area contributed by atoms with Gasteiger partial charge in [0.05, 0.1) is 18.6 Å². The molecule has 0 unspecified atom stereocenters. The van der Waals surface area contributed by atoms with Crippen LogP contribution in [0.2, 0.25) is 0 Å². The summed E-state index contributed by atoms with van der Waals surface area (Å²) in [5.74, 6) is 1.23. The summed E-state index contributed by atoms with van der Waals surface area (Å²) in [7, 11) is 1.60. The predicted octanol–water partition coefficient (Wildman–Crippen LogP) is 5.00. The number of ether oxygens (including phenoxy) is 2. The maximum atomic E-state index is 12.3. The van der Waals surface area contributed by atoms with Crippen LogP contribution in [0.15, 0.2) is 83.0 Å². The molecular weight excluding hydrogens is 446 g/mol. The summed E-state index contributed by atoms with van der Waals surface area (Å²) in [6.45, 7) is 2.59. The van der Waals surface area contributed by atoms with Gasteiger partial charge in [0.1, 0.15) is 6.61 Å². The van der Waals surface area contributed by atoms with Crippen LogP contribution in [0, 0.1) is 0 Å². The molecule has 1 saturated heterocycles. The third-order valence-electron chi connectivity index (χ3n) is 5.41. The SMILES string of the molecule is CCc1ccc(C[C@@H]2S/C(=N\N=C/c3ccc(OCc4ccccc4)c(OC)c3)NC2=O)cc1. The number of thioether (sulfide) groups is 1. The molecule has 7 heteroatoms. The van der Waals surface area contributed by atoms with E-state index in [9.17, 15) is 4.79 Å². The Kier molecular flexibility index (Phi) is 7.99. The minimum absolute atomic E-state index is 0.0416. The Labute approximate surface area is 204 Å².